The predicted octanol–water partition coefficient (Wildman–Crippen LogP) is -0.617. The van der Waals surface area contributed by atoms with E-state index in [0.29, 0.717) is 12.2 Å². The van der Waals surface area contributed by atoms with E-state index < -0.39 is 0 Å². The third-order valence-corrected chi connectivity index (χ3v) is 2.70. The summed E-state index contributed by atoms with van der Waals surface area (Å²) in [5, 5.41) is 10.9. The second-order valence-corrected chi connectivity index (χ2v) is 5.34. The summed E-state index contributed by atoms with van der Waals surface area (Å²) in [4.78, 5) is 10.5. The Morgan fingerprint density at radius 2 is 1.89 bits per heavy atom. The van der Waals surface area contributed by atoms with Crippen LogP contribution in [0, 0.1) is 10.1 Å². The molecule has 1 aromatic rings. The van der Waals surface area contributed by atoms with Crippen molar-refractivity contribution in [3.8, 4) is 0 Å². The lowest BCUT2D eigenvalue weighted by Gasteiger charge is -2.24. The van der Waals surface area contributed by atoms with Crippen LogP contribution in [-0.4, -0.2) is 43.7 Å². The molecule has 0 heterocycles. The Kier molecular flexibility index (Phi) is 7.46. The first kappa shape index (κ1) is 18.3. The molecular formula is C13H21IN2O3. The lowest BCUT2D eigenvalue weighted by molar-refractivity contribution is -0.870. The summed E-state index contributed by atoms with van der Waals surface area (Å²) in [6.45, 7) is 3.29. The zero-order valence-electron chi connectivity index (χ0n) is 11.8. The zero-order chi connectivity index (χ0) is 13.8. The molecule has 1 rings (SSSR count). The van der Waals surface area contributed by atoms with E-state index in [1.165, 1.54) is 6.07 Å². The van der Waals surface area contributed by atoms with Crippen molar-refractivity contribution in [2.75, 3.05) is 34.3 Å². The highest BCUT2D eigenvalue weighted by Gasteiger charge is 2.19. The van der Waals surface area contributed by atoms with Gasteiger partial charge in [0.25, 0.3) is 5.69 Å². The van der Waals surface area contributed by atoms with E-state index in [-0.39, 0.29) is 40.7 Å². The number of nitro groups is 1. The summed E-state index contributed by atoms with van der Waals surface area (Å²) in [6, 6.07) is 6.71. The van der Waals surface area contributed by atoms with E-state index in [1.54, 1.807) is 18.2 Å². The number of halogens is 1. The molecule has 5 nitrogen and oxygen atoms in total. The Bertz CT molecular complexity index is 419. The fraction of sp³-hybridized carbons (Fsp3) is 0.538. The number of quaternary nitrogens is 1. The second-order valence-electron chi connectivity index (χ2n) is 5.34. The van der Waals surface area contributed by atoms with Crippen LogP contribution in [0.3, 0.4) is 0 Å². The molecule has 0 radical (unpaired) electrons. The standard InChI is InChI=1S/C13H21N2O3.HI/c1-11(18-10-9-15(2,3)4)12-7-5-6-8-13(12)14(16)17;/h5-8,11H,9-10H2,1-4H3;1H/q+1;/p-1. The summed E-state index contributed by atoms with van der Waals surface area (Å²) in [6.07, 6.45) is -0.266. The maximum absolute atomic E-state index is 10.9. The third kappa shape index (κ3) is 6.31. The quantitative estimate of drug-likeness (QED) is 0.286. The van der Waals surface area contributed by atoms with Crippen LogP contribution in [0.25, 0.3) is 0 Å². The van der Waals surface area contributed by atoms with Crippen molar-refractivity contribution in [3.63, 3.8) is 0 Å². The highest BCUT2D eigenvalue weighted by atomic mass is 127. The van der Waals surface area contributed by atoms with Gasteiger partial charge in [-0.15, -0.1) is 0 Å². The first-order valence-corrected chi connectivity index (χ1v) is 5.96. The molecule has 108 valence electrons. The van der Waals surface area contributed by atoms with Crippen molar-refractivity contribution in [2.45, 2.75) is 13.0 Å². The van der Waals surface area contributed by atoms with Crippen LogP contribution in [-0.2, 0) is 4.74 Å². The molecule has 1 atom stereocenters. The van der Waals surface area contributed by atoms with E-state index in [9.17, 15) is 10.1 Å². The predicted molar refractivity (Wildman–Crippen MR) is 70.4 cm³/mol. The molecule has 19 heavy (non-hydrogen) atoms. The van der Waals surface area contributed by atoms with Crippen LogP contribution < -0.4 is 24.0 Å². The number of hydrogen-bond acceptors (Lipinski definition) is 3. The minimum Gasteiger partial charge on any atom is -1.00 e. The molecule has 0 bridgehead atoms. The maximum Gasteiger partial charge on any atom is 0.275 e. The monoisotopic (exact) mass is 380 g/mol. The van der Waals surface area contributed by atoms with Gasteiger partial charge in [0.15, 0.2) is 0 Å². The summed E-state index contributed by atoms with van der Waals surface area (Å²) in [5.41, 5.74) is 0.749. The van der Waals surface area contributed by atoms with E-state index in [1.807, 2.05) is 6.92 Å². The number of nitro benzene ring substituents is 1. The molecule has 0 saturated heterocycles. The van der Waals surface area contributed by atoms with Gasteiger partial charge in [0.05, 0.1) is 44.3 Å². The van der Waals surface area contributed by atoms with Crippen molar-refractivity contribution in [3.05, 3.63) is 39.9 Å². The second kappa shape index (κ2) is 7.76. The van der Waals surface area contributed by atoms with Crippen molar-refractivity contribution < 1.29 is 38.1 Å². The average Bonchev–Trinajstić information content (AvgIpc) is 2.27. The van der Waals surface area contributed by atoms with Crippen molar-refractivity contribution in [1.82, 2.24) is 0 Å². The van der Waals surface area contributed by atoms with Crippen LogP contribution in [0.4, 0.5) is 5.69 Å². The summed E-state index contributed by atoms with van der Waals surface area (Å²) >= 11 is 0. The number of benzene rings is 1. The van der Waals surface area contributed by atoms with Gasteiger partial charge in [-0.05, 0) is 13.0 Å². The number of rotatable bonds is 6. The topological polar surface area (TPSA) is 52.4 Å². The van der Waals surface area contributed by atoms with E-state index in [0.717, 1.165) is 11.0 Å². The van der Waals surface area contributed by atoms with Crippen LogP contribution in [0.15, 0.2) is 24.3 Å². The molecule has 1 unspecified atom stereocenters. The van der Waals surface area contributed by atoms with E-state index in [2.05, 4.69) is 21.1 Å². The van der Waals surface area contributed by atoms with Crippen molar-refractivity contribution in [1.29, 1.82) is 0 Å². The van der Waals surface area contributed by atoms with E-state index in [4.69, 9.17) is 4.74 Å². The largest absolute Gasteiger partial charge is 1.00 e. The molecule has 0 aliphatic carbocycles. The Labute approximate surface area is 131 Å². The Hall–Kier alpha value is -0.730. The highest BCUT2D eigenvalue weighted by Crippen LogP contribution is 2.26. The van der Waals surface area contributed by atoms with Gasteiger partial charge >= 0.3 is 0 Å². The number of hydrogen-bond donors (Lipinski definition) is 0. The number of likely N-dealkylation sites (N-methyl/N-ethyl adjacent to an activating group) is 1. The molecule has 0 amide bonds. The van der Waals surface area contributed by atoms with Gasteiger partial charge in [0.2, 0.25) is 0 Å². The molecule has 0 spiro atoms. The Morgan fingerprint density at radius 3 is 2.42 bits per heavy atom. The first-order valence-electron chi connectivity index (χ1n) is 5.96. The van der Waals surface area contributed by atoms with Gasteiger partial charge < -0.3 is 33.2 Å². The summed E-state index contributed by atoms with van der Waals surface area (Å²) < 4.78 is 6.48. The fourth-order valence-electron chi connectivity index (χ4n) is 1.59. The molecular weight excluding hydrogens is 359 g/mol. The zero-order valence-corrected chi connectivity index (χ0v) is 14.0. The molecule has 0 aromatic heterocycles. The lowest BCUT2D eigenvalue weighted by Crippen LogP contribution is -3.00. The SMILES string of the molecule is CC(OCC[N+](C)(C)C)c1ccccc1[N+](=O)[O-].[I-]. The molecule has 0 aliphatic heterocycles. The Balaban J connectivity index is 0.00000324. The van der Waals surface area contributed by atoms with Gasteiger partial charge in [-0.25, -0.2) is 0 Å². The van der Waals surface area contributed by atoms with Gasteiger partial charge in [0, 0.05) is 6.07 Å². The van der Waals surface area contributed by atoms with Crippen LogP contribution in [0.2, 0.25) is 0 Å². The smallest absolute Gasteiger partial charge is 0.275 e. The molecule has 6 heteroatoms. The van der Waals surface area contributed by atoms with Gasteiger partial charge in [0.1, 0.15) is 6.54 Å². The minimum absolute atomic E-state index is 0. The number of ether oxygens (including phenoxy) is 1. The van der Waals surface area contributed by atoms with Gasteiger partial charge in [-0.3, -0.25) is 10.1 Å². The number of para-hydroxylation sites is 1. The Morgan fingerprint density at radius 1 is 1.32 bits per heavy atom. The molecule has 0 fully saturated rings. The molecule has 0 saturated carbocycles. The normalized spacial score (nSPS) is 12.6. The first-order chi connectivity index (χ1) is 8.31. The molecule has 0 aliphatic rings. The summed E-state index contributed by atoms with van der Waals surface area (Å²) in [7, 11) is 6.25. The number of nitrogens with zero attached hydrogens (tertiary/aromatic N) is 2. The maximum atomic E-state index is 10.9. The van der Waals surface area contributed by atoms with Crippen molar-refractivity contribution in [2.24, 2.45) is 0 Å². The molecule has 0 N–H and O–H groups in total. The van der Waals surface area contributed by atoms with Gasteiger partial charge in [-0.2, -0.15) is 0 Å². The lowest BCUT2D eigenvalue weighted by atomic mass is 10.1. The van der Waals surface area contributed by atoms with E-state index >= 15 is 0 Å². The average molecular weight is 380 g/mol. The van der Waals surface area contributed by atoms with Gasteiger partial charge in [-0.1, -0.05) is 12.1 Å². The molecule has 1 aromatic carbocycles. The van der Waals surface area contributed by atoms with Crippen molar-refractivity contribution >= 4 is 5.69 Å². The summed E-state index contributed by atoms with van der Waals surface area (Å²) in [5.74, 6) is 0. The fourth-order valence-corrected chi connectivity index (χ4v) is 1.59. The highest BCUT2D eigenvalue weighted by molar-refractivity contribution is 5.41. The van der Waals surface area contributed by atoms with Crippen LogP contribution >= 0.6 is 0 Å². The minimum atomic E-state index is -0.366. The van der Waals surface area contributed by atoms with Crippen LogP contribution in [0.1, 0.15) is 18.6 Å². The van der Waals surface area contributed by atoms with Crippen LogP contribution in [0.5, 0.6) is 0 Å². The third-order valence-electron chi connectivity index (χ3n) is 2.70.